The second-order valence-electron chi connectivity index (χ2n) is 5.61. The van der Waals surface area contributed by atoms with Gasteiger partial charge in [0, 0.05) is 17.5 Å². The summed E-state index contributed by atoms with van der Waals surface area (Å²) in [4.78, 5) is 27.7. The van der Waals surface area contributed by atoms with Gasteiger partial charge < -0.3 is 9.26 Å². The SMILES string of the molecule is O=C(CCc1nc(-c2ccc(F)cc2)no1)OCC(=O)c1ccc(F)cc1. The van der Waals surface area contributed by atoms with Gasteiger partial charge in [-0.05, 0) is 48.5 Å². The van der Waals surface area contributed by atoms with Crippen LogP contribution in [0.5, 0.6) is 0 Å². The van der Waals surface area contributed by atoms with E-state index < -0.39 is 24.2 Å². The number of nitrogens with zero attached hydrogens (tertiary/aromatic N) is 2. The molecule has 0 aliphatic rings. The van der Waals surface area contributed by atoms with Crippen LogP contribution >= 0.6 is 0 Å². The van der Waals surface area contributed by atoms with Crippen LogP contribution < -0.4 is 0 Å². The first-order chi connectivity index (χ1) is 13.0. The maximum atomic E-state index is 12.9. The Kier molecular flexibility index (Phi) is 5.65. The molecule has 0 N–H and O–H groups in total. The first-order valence-electron chi connectivity index (χ1n) is 8.04. The number of carbonyl (C=O) groups is 2. The smallest absolute Gasteiger partial charge is 0.306 e. The zero-order chi connectivity index (χ0) is 19.2. The number of hydrogen-bond acceptors (Lipinski definition) is 6. The van der Waals surface area contributed by atoms with Gasteiger partial charge in [-0.15, -0.1) is 0 Å². The normalized spacial score (nSPS) is 10.6. The first kappa shape index (κ1) is 18.4. The third-order valence-electron chi connectivity index (χ3n) is 3.64. The summed E-state index contributed by atoms with van der Waals surface area (Å²) in [5.74, 6) is -1.36. The van der Waals surface area contributed by atoms with Crippen molar-refractivity contribution in [2.75, 3.05) is 6.61 Å². The Morgan fingerprint density at radius 2 is 1.59 bits per heavy atom. The second-order valence-corrected chi connectivity index (χ2v) is 5.61. The van der Waals surface area contributed by atoms with Gasteiger partial charge in [-0.25, -0.2) is 8.78 Å². The molecular weight excluding hydrogens is 358 g/mol. The third-order valence-corrected chi connectivity index (χ3v) is 3.64. The van der Waals surface area contributed by atoms with Crippen LogP contribution in [0.1, 0.15) is 22.7 Å². The van der Waals surface area contributed by atoms with Crippen LogP contribution in [0.15, 0.2) is 53.1 Å². The number of hydrogen-bond donors (Lipinski definition) is 0. The van der Waals surface area contributed by atoms with E-state index in [0.717, 1.165) is 12.1 Å². The van der Waals surface area contributed by atoms with Gasteiger partial charge in [-0.3, -0.25) is 9.59 Å². The lowest BCUT2D eigenvalue weighted by atomic mass is 10.1. The highest BCUT2D eigenvalue weighted by atomic mass is 19.1. The van der Waals surface area contributed by atoms with Crippen molar-refractivity contribution in [3.05, 3.63) is 71.6 Å². The average molecular weight is 372 g/mol. The number of benzene rings is 2. The van der Waals surface area contributed by atoms with E-state index in [2.05, 4.69) is 10.1 Å². The highest BCUT2D eigenvalue weighted by Crippen LogP contribution is 2.16. The summed E-state index contributed by atoms with van der Waals surface area (Å²) in [7, 11) is 0. The van der Waals surface area contributed by atoms with Gasteiger partial charge in [0.2, 0.25) is 11.7 Å². The number of ether oxygens (including phenoxy) is 1. The molecule has 6 nitrogen and oxygen atoms in total. The van der Waals surface area contributed by atoms with Crippen LogP contribution in [0.3, 0.4) is 0 Å². The number of esters is 1. The molecule has 1 heterocycles. The molecule has 0 bridgehead atoms. The van der Waals surface area contributed by atoms with Crippen molar-refractivity contribution >= 4 is 11.8 Å². The van der Waals surface area contributed by atoms with E-state index in [0.29, 0.717) is 5.56 Å². The largest absolute Gasteiger partial charge is 0.457 e. The fourth-order valence-electron chi connectivity index (χ4n) is 2.22. The van der Waals surface area contributed by atoms with E-state index in [9.17, 15) is 18.4 Å². The zero-order valence-electron chi connectivity index (χ0n) is 14.0. The molecule has 3 rings (SSSR count). The fourth-order valence-corrected chi connectivity index (χ4v) is 2.22. The third kappa shape index (κ3) is 5.04. The summed E-state index contributed by atoms with van der Waals surface area (Å²) in [6.07, 6.45) is 0.0829. The number of aryl methyl sites for hydroxylation is 1. The van der Waals surface area contributed by atoms with E-state index >= 15 is 0 Å². The zero-order valence-corrected chi connectivity index (χ0v) is 14.0. The molecule has 0 aliphatic carbocycles. The van der Waals surface area contributed by atoms with Gasteiger partial charge in [0.05, 0.1) is 6.42 Å². The molecule has 27 heavy (non-hydrogen) atoms. The van der Waals surface area contributed by atoms with Crippen LogP contribution in [-0.2, 0) is 16.0 Å². The van der Waals surface area contributed by atoms with Crippen molar-refractivity contribution in [2.45, 2.75) is 12.8 Å². The summed E-state index contributed by atoms with van der Waals surface area (Å²) >= 11 is 0. The molecule has 0 fully saturated rings. The minimum atomic E-state index is -0.605. The monoisotopic (exact) mass is 372 g/mol. The number of aromatic nitrogens is 2. The number of carbonyl (C=O) groups excluding carboxylic acids is 2. The Balaban J connectivity index is 1.47. The van der Waals surface area contributed by atoms with Gasteiger partial charge in [-0.1, -0.05) is 5.16 Å². The number of rotatable bonds is 7. The predicted octanol–water partition coefficient (Wildman–Crippen LogP) is 3.37. The lowest BCUT2D eigenvalue weighted by molar-refractivity contribution is -0.142. The maximum absolute atomic E-state index is 12.9. The first-order valence-corrected chi connectivity index (χ1v) is 8.04. The van der Waals surface area contributed by atoms with Crippen molar-refractivity contribution in [3.8, 4) is 11.4 Å². The molecule has 138 valence electrons. The molecule has 1 aromatic heterocycles. The summed E-state index contributed by atoms with van der Waals surface area (Å²) in [6.45, 7) is -0.435. The summed E-state index contributed by atoms with van der Waals surface area (Å²) in [6, 6.07) is 10.5. The summed E-state index contributed by atoms with van der Waals surface area (Å²) in [5.41, 5.74) is 0.837. The molecule has 0 saturated heterocycles. The number of halogens is 2. The quantitative estimate of drug-likeness (QED) is 0.467. The summed E-state index contributed by atoms with van der Waals surface area (Å²) in [5, 5.41) is 3.77. The van der Waals surface area contributed by atoms with E-state index in [4.69, 9.17) is 9.26 Å². The molecule has 0 aliphatic heterocycles. The predicted molar refractivity (Wildman–Crippen MR) is 89.7 cm³/mol. The molecule has 3 aromatic rings. The Morgan fingerprint density at radius 3 is 2.26 bits per heavy atom. The number of Topliss-reactive ketones (excluding diaryl/α,β-unsaturated/α-hetero) is 1. The molecule has 0 radical (unpaired) electrons. The Labute approximate surface area is 152 Å². The van der Waals surface area contributed by atoms with Gasteiger partial charge in [0.25, 0.3) is 0 Å². The van der Waals surface area contributed by atoms with Gasteiger partial charge in [0.15, 0.2) is 12.4 Å². The van der Waals surface area contributed by atoms with Crippen molar-refractivity contribution in [2.24, 2.45) is 0 Å². The van der Waals surface area contributed by atoms with Crippen molar-refractivity contribution < 1.29 is 27.6 Å². The van der Waals surface area contributed by atoms with E-state index in [1.807, 2.05) is 0 Å². The Hall–Kier alpha value is -3.42. The van der Waals surface area contributed by atoms with Crippen molar-refractivity contribution in [1.82, 2.24) is 10.1 Å². The molecule has 8 heteroatoms. The van der Waals surface area contributed by atoms with Crippen LogP contribution in [0.2, 0.25) is 0 Å². The lowest BCUT2D eigenvalue weighted by Crippen LogP contribution is -2.14. The van der Waals surface area contributed by atoms with Gasteiger partial charge in [-0.2, -0.15) is 4.98 Å². The van der Waals surface area contributed by atoms with Crippen LogP contribution in [0.25, 0.3) is 11.4 Å². The maximum Gasteiger partial charge on any atom is 0.306 e. The minimum Gasteiger partial charge on any atom is -0.457 e. The molecule has 0 amide bonds. The highest BCUT2D eigenvalue weighted by molar-refractivity contribution is 5.97. The molecule has 2 aromatic carbocycles. The fraction of sp³-hybridized carbons (Fsp3) is 0.158. The molecular formula is C19H14F2N2O4. The lowest BCUT2D eigenvalue weighted by Gasteiger charge is -2.03. The Morgan fingerprint density at radius 1 is 0.963 bits per heavy atom. The Bertz CT molecular complexity index is 937. The molecule has 0 saturated carbocycles. The van der Waals surface area contributed by atoms with Gasteiger partial charge >= 0.3 is 5.97 Å². The second kappa shape index (κ2) is 8.31. The average Bonchev–Trinajstić information content (AvgIpc) is 3.14. The summed E-state index contributed by atoms with van der Waals surface area (Å²) < 4.78 is 35.7. The highest BCUT2D eigenvalue weighted by Gasteiger charge is 2.13. The van der Waals surface area contributed by atoms with Crippen molar-refractivity contribution in [3.63, 3.8) is 0 Å². The number of ketones is 1. The topological polar surface area (TPSA) is 82.3 Å². The van der Waals surface area contributed by atoms with Crippen LogP contribution in [0.4, 0.5) is 8.78 Å². The van der Waals surface area contributed by atoms with Crippen molar-refractivity contribution in [1.29, 1.82) is 0 Å². The molecule has 0 atom stereocenters. The molecule has 0 unspecified atom stereocenters. The van der Waals surface area contributed by atoms with Crippen LogP contribution in [0, 0.1) is 11.6 Å². The standard InChI is InChI=1S/C19H14F2N2O4/c20-14-5-1-12(2-6-14)16(24)11-26-18(25)10-9-17-22-19(23-27-17)13-3-7-15(21)8-4-13/h1-8H,9-11H2. The molecule has 0 spiro atoms. The van der Waals surface area contributed by atoms with E-state index in [1.165, 1.54) is 36.4 Å². The van der Waals surface area contributed by atoms with Gasteiger partial charge in [0.1, 0.15) is 11.6 Å². The van der Waals surface area contributed by atoms with Crippen LogP contribution in [-0.4, -0.2) is 28.5 Å². The minimum absolute atomic E-state index is 0.0538. The van der Waals surface area contributed by atoms with E-state index in [1.54, 1.807) is 0 Å². The van der Waals surface area contributed by atoms with E-state index in [-0.39, 0.29) is 35.9 Å².